The van der Waals surface area contributed by atoms with Gasteiger partial charge in [0.15, 0.2) is 0 Å². The number of hydrogen-bond donors (Lipinski definition) is 2. The van der Waals surface area contributed by atoms with Crippen LogP contribution in [0.5, 0.6) is 0 Å². The zero-order valence-electron chi connectivity index (χ0n) is 7.44. The van der Waals surface area contributed by atoms with Crippen LogP contribution in [0.25, 0.3) is 0 Å². The molecule has 0 heterocycles. The van der Waals surface area contributed by atoms with E-state index in [-0.39, 0.29) is 95.2 Å². The van der Waals surface area contributed by atoms with Crippen LogP contribution < -0.4 is 110 Å². The predicted molar refractivity (Wildman–Crippen MR) is 20.1 cm³/mol. The summed E-state index contributed by atoms with van der Waals surface area (Å²) in [4.78, 5) is 9.13. The largest absolute Gasteiger partial charge is 1.00 e. The minimum Gasteiger partial charge on any atom is -0.845 e. The average molecular weight is 205 g/mol. The third kappa shape index (κ3) is 84.8. The third-order valence-electron chi connectivity index (χ3n) is 0.167. The maximum absolute atomic E-state index is 9.13. The molecular weight excluding hydrogens is 199 g/mol. The molecule has 56 valence electrons. The Balaban J connectivity index is -0.0000000221. The molecule has 0 aliphatic heterocycles. The standard InChI is InChI=1S/C2H5NO2.CH2O3.3Na/c3-1-2(4)5;2-1(3)4;;;/h1,3H2,(H,4,5);1-2H;;;/q;-2;3*+1/p-1. The third-order valence-corrected chi connectivity index (χ3v) is 0.167. The maximum atomic E-state index is 9.13. The molecule has 0 rings (SSSR count). The molecule has 0 atom stereocenters. The van der Waals surface area contributed by atoms with Gasteiger partial charge in [0.25, 0.3) is 0 Å². The van der Waals surface area contributed by atoms with E-state index in [2.05, 4.69) is 5.73 Å². The Bertz CT molecular complexity index is 79.6. The number of nitrogens with two attached hydrogens (primary N) is 1. The van der Waals surface area contributed by atoms with Crippen LogP contribution >= 0.6 is 0 Å². The van der Waals surface area contributed by atoms with E-state index in [1.54, 1.807) is 0 Å². The molecule has 0 spiro atoms. The molecule has 0 amide bonds. The molecule has 3 N–H and O–H groups in total. The monoisotopic (exact) mass is 205 g/mol. The van der Waals surface area contributed by atoms with E-state index < -0.39 is 12.4 Å². The second-order valence-corrected chi connectivity index (χ2v) is 0.883. The zero-order chi connectivity index (χ0) is 7.86. The van der Waals surface area contributed by atoms with E-state index in [0.717, 1.165) is 0 Å². The van der Waals surface area contributed by atoms with Gasteiger partial charge in [0, 0.05) is 6.54 Å². The number of carbonyl (C=O) groups is 1. The normalized spacial score (nSPS) is 6.08. The molecule has 0 aromatic carbocycles. The summed E-state index contributed by atoms with van der Waals surface area (Å²) in [5, 5.41) is 33.1. The Morgan fingerprint density at radius 3 is 1.42 bits per heavy atom. The molecule has 0 unspecified atom stereocenters. The molecule has 0 aliphatic rings. The Hall–Kier alpha value is 2.31. The minimum absolute atomic E-state index is 0. The molecule has 0 aromatic heterocycles. The van der Waals surface area contributed by atoms with Crippen molar-refractivity contribution in [1.82, 2.24) is 0 Å². The summed E-state index contributed by atoms with van der Waals surface area (Å²) in [5.41, 5.74) is 4.51. The predicted octanol–water partition coefficient (Wildman–Crippen LogP) is -14.3. The molecule has 12 heavy (non-hydrogen) atoms. The number of aliphatic hydroxyl groups is 1. The molecule has 0 saturated heterocycles. The van der Waals surface area contributed by atoms with Crippen molar-refractivity contribution in [2.75, 3.05) is 6.54 Å². The van der Waals surface area contributed by atoms with Crippen molar-refractivity contribution in [3.05, 3.63) is 0 Å². The van der Waals surface area contributed by atoms with Crippen molar-refractivity contribution in [3.8, 4) is 0 Å². The van der Waals surface area contributed by atoms with Crippen LogP contribution in [-0.4, -0.2) is 24.1 Å². The van der Waals surface area contributed by atoms with Crippen molar-refractivity contribution in [3.63, 3.8) is 0 Å². The van der Waals surface area contributed by atoms with Gasteiger partial charge in [-0.3, -0.25) is 0 Å². The number of carbonyl (C=O) groups excluding carboxylic acids is 1. The van der Waals surface area contributed by atoms with Gasteiger partial charge in [-0.2, -0.15) is 0 Å². The van der Waals surface area contributed by atoms with Crippen molar-refractivity contribution in [2.45, 2.75) is 6.48 Å². The first-order valence-electron chi connectivity index (χ1n) is 1.90. The van der Waals surface area contributed by atoms with Gasteiger partial charge in [-0.15, -0.1) is 6.48 Å². The van der Waals surface area contributed by atoms with E-state index in [1.807, 2.05) is 0 Å². The van der Waals surface area contributed by atoms with Gasteiger partial charge in [0.2, 0.25) is 0 Å². The Labute approximate surface area is 136 Å². The fourth-order valence-electron chi connectivity index (χ4n) is 0. The molecule has 0 fully saturated rings. The summed E-state index contributed by atoms with van der Waals surface area (Å²) in [5.74, 6) is -1.22. The van der Waals surface area contributed by atoms with Crippen LogP contribution in [0.4, 0.5) is 0 Å². The van der Waals surface area contributed by atoms with Gasteiger partial charge in [-0.1, -0.05) is 0 Å². The van der Waals surface area contributed by atoms with Gasteiger partial charge >= 0.3 is 88.7 Å². The molecule has 0 aromatic rings. The average Bonchev–Trinajstić information content (AvgIpc) is 1.65. The number of aliphatic carboxylic acids is 1. The van der Waals surface area contributed by atoms with Crippen molar-refractivity contribution in [1.29, 1.82) is 0 Å². The molecule has 0 aliphatic carbocycles. The topological polar surface area (TPSA) is 132 Å². The van der Waals surface area contributed by atoms with Crippen molar-refractivity contribution in [2.24, 2.45) is 5.73 Å². The van der Waals surface area contributed by atoms with Gasteiger partial charge in [-0.25, -0.2) is 0 Å². The van der Waals surface area contributed by atoms with Gasteiger partial charge in [-0.05, 0) is 0 Å². The Kier molecular flexibility index (Phi) is 56.7. The Morgan fingerprint density at radius 2 is 1.42 bits per heavy atom. The van der Waals surface area contributed by atoms with Gasteiger partial charge in [0.1, 0.15) is 0 Å². The summed E-state index contributed by atoms with van der Waals surface area (Å²) in [6.45, 7) is -3.06. The molecule has 9 heteroatoms. The fraction of sp³-hybridized carbons (Fsp3) is 0.667. The summed E-state index contributed by atoms with van der Waals surface area (Å²) in [6.07, 6.45) is 0. The second-order valence-electron chi connectivity index (χ2n) is 0.883. The van der Waals surface area contributed by atoms with E-state index in [1.165, 1.54) is 0 Å². The van der Waals surface area contributed by atoms with Gasteiger partial charge in [0.05, 0.1) is 5.97 Å². The first kappa shape index (κ1) is 29.2. The smallest absolute Gasteiger partial charge is 0.845 e. The molecule has 0 radical (unpaired) electrons. The number of carboxylic acids is 1. The van der Waals surface area contributed by atoms with Crippen LogP contribution in [-0.2, 0) is 4.79 Å². The summed E-state index contributed by atoms with van der Waals surface area (Å²) in [6, 6.07) is 0. The summed E-state index contributed by atoms with van der Waals surface area (Å²) < 4.78 is 0. The van der Waals surface area contributed by atoms with E-state index in [4.69, 9.17) is 25.2 Å². The number of aliphatic hydroxyl groups excluding tert-OH is 1. The minimum atomic E-state index is -2.67. The zero-order valence-corrected chi connectivity index (χ0v) is 13.4. The molecule has 0 bridgehead atoms. The van der Waals surface area contributed by atoms with Crippen LogP contribution in [0, 0.1) is 0 Å². The Morgan fingerprint density at radius 1 is 1.33 bits per heavy atom. The molecule has 6 nitrogen and oxygen atoms in total. The van der Waals surface area contributed by atoms with E-state index in [9.17, 15) is 0 Å². The van der Waals surface area contributed by atoms with E-state index >= 15 is 0 Å². The van der Waals surface area contributed by atoms with Crippen LogP contribution in [0.3, 0.4) is 0 Å². The maximum Gasteiger partial charge on any atom is 1.00 e. The number of carboxylic acid groups (broad SMARTS) is 1. The van der Waals surface area contributed by atoms with E-state index in [0.29, 0.717) is 0 Å². The first-order valence-corrected chi connectivity index (χ1v) is 1.90. The molecular formula is C3H6NNa3O5. The quantitative estimate of drug-likeness (QED) is 0.322. The van der Waals surface area contributed by atoms with Crippen LogP contribution in [0.2, 0.25) is 0 Å². The van der Waals surface area contributed by atoms with Crippen LogP contribution in [0.1, 0.15) is 0 Å². The fourth-order valence-corrected chi connectivity index (χ4v) is 0. The molecule has 0 saturated carbocycles. The summed E-state index contributed by atoms with van der Waals surface area (Å²) >= 11 is 0. The van der Waals surface area contributed by atoms with Crippen molar-refractivity contribution < 1.29 is 114 Å². The summed E-state index contributed by atoms with van der Waals surface area (Å²) in [7, 11) is 0. The first-order chi connectivity index (χ1) is 4.00. The SMILES string of the molecule is NCC(=O)[O-].[Na+].[Na+].[Na+].[O-]C([O-])O. The van der Waals surface area contributed by atoms with Crippen molar-refractivity contribution >= 4 is 5.97 Å². The van der Waals surface area contributed by atoms with Crippen LogP contribution in [0.15, 0.2) is 0 Å². The number of hydrogen-bond acceptors (Lipinski definition) is 6. The number of rotatable bonds is 1. The second kappa shape index (κ2) is 23.3. The van der Waals surface area contributed by atoms with Gasteiger partial charge < -0.3 is 31.0 Å².